The Hall–Kier alpha value is -2.40. The third-order valence-electron chi connectivity index (χ3n) is 3.11. The Labute approximate surface area is 123 Å². The zero-order valence-electron chi connectivity index (χ0n) is 12.2. The summed E-state index contributed by atoms with van der Waals surface area (Å²) in [6.07, 6.45) is 1.51. The number of aromatic amines is 1. The zero-order chi connectivity index (χ0) is 15.2. The second-order valence-corrected chi connectivity index (χ2v) is 5.10. The number of pyridine rings is 1. The van der Waals surface area contributed by atoms with Gasteiger partial charge in [-0.25, -0.2) is 0 Å². The Morgan fingerprint density at radius 2 is 1.86 bits per heavy atom. The van der Waals surface area contributed by atoms with Gasteiger partial charge in [-0.2, -0.15) is 0 Å². The average molecular weight is 285 g/mol. The van der Waals surface area contributed by atoms with Crippen LogP contribution in [0.2, 0.25) is 0 Å². The first-order chi connectivity index (χ1) is 10.1. The summed E-state index contributed by atoms with van der Waals surface area (Å²) in [7, 11) is 4.00. The Bertz CT molecular complexity index is 677. The molecule has 0 bridgehead atoms. The van der Waals surface area contributed by atoms with Crippen LogP contribution in [0.25, 0.3) is 0 Å². The number of amides is 1. The summed E-state index contributed by atoms with van der Waals surface area (Å²) < 4.78 is 0. The number of nitrogens with one attached hydrogen (secondary N) is 2. The van der Waals surface area contributed by atoms with Crippen LogP contribution < -0.4 is 10.9 Å². The lowest BCUT2D eigenvalue weighted by atomic mass is 10.1. The molecule has 5 heteroatoms. The van der Waals surface area contributed by atoms with E-state index in [0.717, 1.165) is 17.7 Å². The van der Waals surface area contributed by atoms with Crippen molar-refractivity contribution in [2.24, 2.45) is 0 Å². The predicted molar refractivity (Wildman–Crippen MR) is 82.1 cm³/mol. The van der Waals surface area contributed by atoms with E-state index < -0.39 is 0 Å². The van der Waals surface area contributed by atoms with Gasteiger partial charge in [0.25, 0.3) is 11.5 Å². The fourth-order valence-corrected chi connectivity index (χ4v) is 2.10. The van der Waals surface area contributed by atoms with E-state index in [-0.39, 0.29) is 17.0 Å². The van der Waals surface area contributed by atoms with Gasteiger partial charge in [0.05, 0.1) is 0 Å². The molecule has 0 unspecified atom stereocenters. The topological polar surface area (TPSA) is 65.2 Å². The number of carbonyl (C=O) groups is 1. The molecule has 21 heavy (non-hydrogen) atoms. The van der Waals surface area contributed by atoms with Crippen LogP contribution >= 0.6 is 0 Å². The van der Waals surface area contributed by atoms with Crippen LogP contribution in [0.15, 0.2) is 47.4 Å². The van der Waals surface area contributed by atoms with E-state index in [2.05, 4.69) is 15.2 Å². The lowest BCUT2D eigenvalue weighted by molar-refractivity contribution is 0.0949. The second-order valence-electron chi connectivity index (χ2n) is 5.10. The zero-order valence-corrected chi connectivity index (χ0v) is 12.2. The summed E-state index contributed by atoms with van der Waals surface area (Å²) in [6.45, 7) is 1.20. The Morgan fingerprint density at radius 3 is 2.52 bits per heavy atom. The molecule has 0 atom stereocenters. The number of aromatic nitrogens is 1. The van der Waals surface area contributed by atoms with E-state index in [1.54, 1.807) is 6.07 Å². The van der Waals surface area contributed by atoms with Crippen molar-refractivity contribution in [3.8, 4) is 0 Å². The van der Waals surface area contributed by atoms with Crippen molar-refractivity contribution in [1.29, 1.82) is 0 Å². The summed E-state index contributed by atoms with van der Waals surface area (Å²) in [5.41, 5.74) is 1.95. The van der Waals surface area contributed by atoms with E-state index in [4.69, 9.17) is 0 Å². The summed E-state index contributed by atoms with van der Waals surface area (Å²) in [4.78, 5) is 28.2. The first-order valence-electron chi connectivity index (χ1n) is 6.75. The molecule has 1 amide bonds. The smallest absolute Gasteiger partial charge is 0.260 e. The molecule has 2 N–H and O–H groups in total. The molecule has 0 radical (unpaired) electrons. The summed E-state index contributed by atoms with van der Waals surface area (Å²) in [5, 5.41) is 2.79. The minimum Gasteiger partial charge on any atom is -0.348 e. The van der Waals surface area contributed by atoms with Gasteiger partial charge in [0.15, 0.2) is 0 Å². The molecule has 2 aromatic rings. The van der Waals surface area contributed by atoms with Crippen LogP contribution in [-0.2, 0) is 13.1 Å². The SMILES string of the molecule is CN(C)Cc1ccccc1CNC(=O)c1ccc[nH]c1=O. The van der Waals surface area contributed by atoms with Gasteiger partial charge in [-0.3, -0.25) is 9.59 Å². The molecule has 1 aromatic carbocycles. The Morgan fingerprint density at radius 1 is 1.14 bits per heavy atom. The predicted octanol–water partition coefficient (Wildman–Crippen LogP) is 1.37. The monoisotopic (exact) mass is 285 g/mol. The van der Waals surface area contributed by atoms with Crippen LogP contribution in [0.4, 0.5) is 0 Å². The van der Waals surface area contributed by atoms with E-state index in [0.29, 0.717) is 6.54 Å². The van der Waals surface area contributed by atoms with Crippen LogP contribution in [-0.4, -0.2) is 29.9 Å². The van der Waals surface area contributed by atoms with E-state index >= 15 is 0 Å². The summed E-state index contributed by atoms with van der Waals surface area (Å²) >= 11 is 0. The fourth-order valence-electron chi connectivity index (χ4n) is 2.10. The van der Waals surface area contributed by atoms with Crippen molar-refractivity contribution in [3.05, 3.63) is 69.6 Å². The normalized spacial score (nSPS) is 10.6. The van der Waals surface area contributed by atoms with Gasteiger partial charge < -0.3 is 15.2 Å². The maximum absolute atomic E-state index is 12.0. The number of carbonyl (C=O) groups excluding carboxylic acids is 1. The molecule has 2 rings (SSSR count). The van der Waals surface area contributed by atoms with Crippen LogP contribution in [0.3, 0.4) is 0 Å². The number of hydrogen-bond donors (Lipinski definition) is 2. The van der Waals surface area contributed by atoms with Crippen LogP contribution in [0.1, 0.15) is 21.5 Å². The van der Waals surface area contributed by atoms with Gasteiger partial charge >= 0.3 is 0 Å². The molecule has 5 nitrogen and oxygen atoms in total. The van der Waals surface area contributed by atoms with Crippen molar-refractivity contribution in [1.82, 2.24) is 15.2 Å². The lowest BCUT2D eigenvalue weighted by Crippen LogP contribution is -2.29. The number of nitrogens with zero attached hydrogens (tertiary/aromatic N) is 1. The van der Waals surface area contributed by atoms with Gasteiger partial charge in [0.1, 0.15) is 5.56 Å². The first-order valence-corrected chi connectivity index (χ1v) is 6.75. The molecule has 0 aliphatic rings. The number of rotatable bonds is 5. The number of hydrogen-bond acceptors (Lipinski definition) is 3. The highest BCUT2D eigenvalue weighted by Crippen LogP contribution is 2.10. The minimum absolute atomic E-state index is 0.127. The molecule has 0 aliphatic carbocycles. The average Bonchev–Trinajstić information content (AvgIpc) is 2.46. The molecule has 0 aliphatic heterocycles. The largest absolute Gasteiger partial charge is 0.348 e. The second kappa shape index (κ2) is 6.85. The minimum atomic E-state index is -0.378. The summed E-state index contributed by atoms with van der Waals surface area (Å²) in [5.74, 6) is -0.364. The van der Waals surface area contributed by atoms with Gasteiger partial charge in [0.2, 0.25) is 0 Å². The van der Waals surface area contributed by atoms with Crippen molar-refractivity contribution in [3.63, 3.8) is 0 Å². The van der Waals surface area contributed by atoms with E-state index in [1.165, 1.54) is 12.3 Å². The van der Waals surface area contributed by atoms with Crippen LogP contribution in [0.5, 0.6) is 0 Å². The highest BCUT2D eigenvalue weighted by molar-refractivity contribution is 5.93. The molecule has 110 valence electrons. The molecule has 0 spiro atoms. The van der Waals surface area contributed by atoms with E-state index in [9.17, 15) is 9.59 Å². The van der Waals surface area contributed by atoms with E-state index in [1.807, 2.05) is 38.4 Å². The lowest BCUT2D eigenvalue weighted by Gasteiger charge is -2.14. The van der Waals surface area contributed by atoms with Gasteiger partial charge in [-0.05, 0) is 37.4 Å². The van der Waals surface area contributed by atoms with Crippen molar-refractivity contribution < 1.29 is 4.79 Å². The molecule has 0 saturated heterocycles. The van der Waals surface area contributed by atoms with Crippen molar-refractivity contribution in [2.45, 2.75) is 13.1 Å². The van der Waals surface area contributed by atoms with Gasteiger partial charge in [-0.1, -0.05) is 24.3 Å². The molecule has 0 saturated carbocycles. The highest BCUT2D eigenvalue weighted by atomic mass is 16.2. The van der Waals surface area contributed by atoms with Gasteiger partial charge in [0, 0.05) is 19.3 Å². The molecular formula is C16H19N3O2. The molecular weight excluding hydrogens is 266 g/mol. The Balaban J connectivity index is 2.08. The van der Waals surface area contributed by atoms with Crippen LogP contribution in [0, 0.1) is 0 Å². The molecule has 1 heterocycles. The standard InChI is InChI=1S/C16H19N3O2/c1-19(2)11-13-7-4-3-6-12(13)10-18-16(21)14-8-5-9-17-15(14)20/h3-9H,10-11H2,1-2H3,(H,17,20)(H,18,21). The maximum atomic E-state index is 12.0. The Kier molecular flexibility index (Phi) is 4.90. The molecule has 1 aromatic heterocycles. The first kappa shape index (κ1) is 15.0. The van der Waals surface area contributed by atoms with Gasteiger partial charge in [-0.15, -0.1) is 0 Å². The third-order valence-corrected chi connectivity index (χ3v) is 3.11. The van der Waals surface area contributed by atoms with Crippen molar-refractivity contribution >= 4 is 5.91 Å². The third kappa shape index (κ3) is 4.03. The highest BCUT2D eigenvalue weighted by Gasteiger charge is 2.10. The quantitative estimate of drug-likeness (QED) is 0.872. The summed E-state index contributed by atoms with van der Waals surface area (Å²) in [6, 6.07) is 11.1. The van der Waals surface area contributed by atoms with Crippen molar-refractivity contribution in [2.75, 3.05) is 14.1 Å². The number of H-pyrrole nitrogens is 1. The maximum Gasteiger partial charge on any atom is 0.260 e. The number of benzene rings is 1. The fraction of sp³-hybridized carbons (Fsp3) is 0.250. The molecule has 0 fully saturated rings.